The van der Waals surface area contributed by atoms with Crippen molar-refractivity contribution in [2.45, 2.75) is 0 Å². The molecule has 0 aromatic heterocycles. The van der Waals surface area contributed by atoms with Crippen LogP contribution in [0.1, 0.15) is 0 Å². The highest BCUT2D eigenvalue weighted by atomic mass is 31.2. The highest BCUT2D eigenvalue weighted by Gasteiger charge is 1.75. The van der Waals surface area contributed by atoms with Gasteiger partial charge in [0, 0.05) is 8.15 Å². The summed E-state index contributed by atoms with van der Waals surface area (Å²) in [4.78, 5) is 8.32. The predicted octanol–water partition coefficient (Wildman–Crippen LogP) is 0.908. The van der Waals surface area contributed by atoms with Gasteiger partial charge in [0.15, 0.2) is 0 Å². The van der Waals surface area contributed by atoms with Crippen LogP contribution in [-0.4, -0.2) is 17.1 Å². The Bertz CT molecular complexity index is 34.6. The highest BCUT2D eigenvalue weighted by Crippen LogP contribution is 2.17. The molecule has 30 valence electrons. The van der Waals surface area contributed by atoms with Crippen LogP contribution in [0.25, 0.3) is 0 Å². The average molecular weight is 108 g/mol. The molecule has 0 aromatic carbocycles. The van der Waals surface area contributed by atoms with Gasteiger partial charge in [0.1, 0.15) is 0 Å². The molecule has 0 aromatic rings. The maximum atomic E-state index is 8.32. The van der Waals surface area contributed by atoms with Gasteiger partial charge in [0.05, 0.1) is 0 Å². The second kappa shape index (κ2) is 2.78. The largest absolute Gasteiger partial charge is 0.370 e. The van der Waals surface area contributed by atoms with Crippen LogP contribution >= 0.6 is 17.0 Å². The smallest absolute Gasteiger partial charge is 0.0498 e. The minimum absolute atomic E-state index is 0.810. The third kappa shape index (κ3) is 4.56. The fourth-order valence-electron chi connectivity index (χ4n) is 0. The summed E-state index contributed by atoms with van der Waals surface area (Å²) in [5.74, 6) is 0. The van der Waals surface area contributed by atoms with Crippen molar-refractivity contribution in [1.29, 1.82) is 0 Å². The second-order valence-corrected chi connectivity index (χ2v) is 2.88. The monoisotopic (exact) mass is 108 g/mol. The van der Waals surface area contributed by atoms with Gasteiger partial charge in [-0.2, -0.15) is 0 Å². The number of hydrogen-bond donors (Lipinski definition) is 1. The Labute approximate surface area is 35.1 Å². The molecule has 0 saturated heterocycles. The Morgan fingerprint density at radius 2 is 2.20 bits per heavy atom. The maximum absolute atomic E-state index is 8.32. The molecule has 0 aliphatic rings. The van der Waals surface area contributed by atoms with Crippen LogP contribution in [-0.2, 0) is 0 Å². The Kier molecular flexibility index (Phi) is 3.09. The van der Waals surface area contributed by atoms with Gasteiger partial charge in [-0.15, -0.1) is 8.86 Å². The molecule has 0 aliphatic heterocycles. The molecule has 3 heteroatoms. The van der Waals surface area contributed by atoms with Crippen molar-refractivity contribution >= 4 is 22.5 Å². The van der Waals surface area contributed by atoms with Gasteiger partial charge in [0.2, 0.25) is 0 Å². The second-order valence-electron chi connectivity index (χ2n) is 0.703. The van der Waals surface area contributed by atoms with Crippen LogP contribution in [0.4, 0.5) is 0 Å². The molecule has 0 rings (SSSR count). The zero-order valence-electron chi connectivity index (χ0n) is 2.97. The summed E-state index contributed by atoms with van der Waals surface area (Å²) in [6.45, 7) is 1.74. The Hall–Kier alpha value is 0.560. The first kappa shape index (κ1) is 5.56. The van der Waals surface area contributed by atoms with Gasteiger partial charge >= 0.3 is 0 Å². The van der Waals surface area contributed by atoms with Crippen molar-refractivity contribution in [3.8, 4) is 0 Å². The lowest BCUT2D eigenvalue weighted by molar-refractivity contribution is 0.644. The fraction of sp³-hybridized carbons (Fsp3) is 0.500. The van der Waals surface area contributed by atoms with Crippen molar-refractivity contribution in [3.05, 3.63) is 0 Å². The van der Waals surface area contributed by atoms with Gasteiger partial charge in [0.25, 0.3) is 0 Å². The molecule has 0 spiro atoms. The van der Waals surface area contributed by atoms with E-state index in [2.05, 4.69) is 8.86 Å². The lowest BCUT2D eigenvalue weighted by Crippen LogP contribution is -1.57. The predicted molar refractivity (Wildman–Crippen MR) is 29.4 cm³/mol. The lowest BCUT2D eigenvalue weighted by atomic mass is 11.9. The molecule has 0 fully saturated rings. The van der Waals surface area contributed by atoms with E-state index in [9.17, 15) is 0 Å². The van der Waals surface area contributed by atoms with Crippen LogP contribution in [0.5, 0.6) is 0 Å². The molecule has 1 nitrogen and oxygen atoms in total. The lowest BCUT2D eigenvalue weighted by Gasteiger charge is -1.83. The van der Waals surface area contributed by atoms with Gasteiger partial charge in [-0.25, -0.2) is 0 Å². The average Bonchev–Trinajstić information content (AvgIpc) is 1.38. The van der Waals surface area contributed by atoms with E-state index < -0.39 is 8.15 Å². The molecule has 1 atom stereocenters. The first-order valence-corrected chi connectivity index (χ1v) is 3.58. The molecule has 0 amide bonds. The molecule has 1 N–H and O–H groups in total. The molecule has 0 saturated carbocycles. The molecule has 0 heterocycles. The summed E-state index contributed by atoms with van der Waals surface area (Å²) in [6.07, 6.45) is 0. The zero-order chi connectivity index (χ0) is 4.28. The molecule has 0 bridgehead atoms. The van der Waals surface area contributed by atoms with Gasteiger partial charge < -0.3 is 4.89 Å². The first-order valence-electron chi connectivity index (χ1n) is 1.19. The van der Waals surface area contributed by atoms with Gasteiger partial charge in [-0.05, 0) is 12.2 Å². The van der Waals surface area contributed by atoms with Gasteiger partial charge in [-0.3, -0.25) is 0 Å². The Morgan fingerprint density at radius 1 is 2.00 bits per heavy atom. The zero-order valence-corrected chi connectivity index (χ0v) is 4.87. The molecule has 0 aliphatic carbocycles. The molecule has 0 radical (unpaired) electrons. The maximum Gasteiger partial charge on any atom is 0.0498 e. The normalized spacial score (nSPS) is 14.0. The molecular weight excluding hydrogens is 102 g/mol. The van der Waals surface area contributed by atoms with Crippen LogP contribution in [0.15, 0.2) is 0 Å². The van der Waals surface area contributed by atoms with Gasteiger partial charge in [-0.1, -0.05) is 0 Å². The first-order chi connectivity index (χ1) is 2.27. The van der Waals surface area contributed by atoms with Crippen LogP contribution in [0.3, 0.4) is 0 Å². The third-order valence-electron chi connectivity index (χ3n) is 0.187. The minimum Gasteiger partial charge on any atom is -0.370 e. The van der Waals surface area contributed by atoms with E-state index in [4.69, 9.17) is 4.89 Å². The van der Waals surface area contributed by atoms with Crippen molar-refractivity contribution in [1.82, 2.24) is 0 Å². The van der Waals surface area contributed by atoms with Crippen molar-refractivity contribution in [2.24, 2.45) is 0 Å². The summed E-state index contributed by atoms with van der Waals surface area (Å²) in [5.41, 5.74) is 1.59. The summed E-state index contributed by atoms with van der Waals surface area (Å²) >= 11 is 0. The Morgan fingerprint density at radius 3 is 2.20 bits per heavy atom. The highest BCUT2D eigenvalue weighted by molar-refractivity contribution is 7.74. The summed E-state index contributed by atoms with van der Waals surface area (Å²) in [7, 11) is 2.20. The van der Waals surface area contributed by atoms with Crippen molar-refractivity contribution in [3.63, 3.8) is 0 Å². The summed E-state index contributed by atoms with van der Waals surface area (Å²) < 4.78 is 0. The van der Waals surface area contributed by atoms with Crippen molar-refractivity contribution < 1.29 is 4.89 Å². The SMILES string of the molecule is CP(O)C=P. The van der Waals surface area contributed by atoms with E-state index in [-0.39, 0.29) is 0 Å². The minimum atomic E-state index is -0.810. The summed E-state index contributed by atoms with van der Waals surface area (Å²) in [5, 5.41) is 0. The third-order valence-corrected chi connectivity index (χ3v) is 1.68. The van der Waals surface area contributed by atoms with E-state index in [0.29, 0.717) is 0 Å². The van der Waals surface area contributed by atoms with E-state index in [1.165, 1.54) is 0 Å². The molecule has 5 heavy (non-hydrogen) atoms. The molecular formula is C2H6OP2. The van der Waals surface area contributed by atoms with E-state index in [1.54, 1.807) is 12.2 Å². The van der Waals surface area contributed by atoms with Crippen LogP contribution < -0.4 is 0 Å². The van der Waals surface area contributed by atoms with Crippen LogP contribution in [0.2, 0.25) is 0 Å². The van der Waals surface area contributed by atoms with E-state index >= 15 is 0 Å². The van der Waals surface area contributed by atoms with Crippen LogP contribution in [0, 0.1) is 0 Å². The topological polar surface area (TPSA) is 20.2 Å². The van der Waals surface area contributed by atoms with E-state index in [0.717, 1.165) is 0 Å². The van der Waals surface area contributed by atoms with Crippen molar-refractivity contribution in [2.75, 3.05) is 6.66 Å². The standard InChI is InChI=1S/C2H6OP2/c1-5(3)2-4/h2-4H,1H3. The Balaban J connectivity index is 2.83. The van der Waals surface area contributed by atoms with E-state index in [1.807, 2.05) is 0 Å². The fourth-order valence-corrected chi connectivity index (χ4v) is 0. The summed E-state index contributed by atoms with van der Waals surface area (Å²) in [6, 6.07) is 0. The quantitative estimate of drug-likeness (QED) is 0.495. The number of rotatable bonds is 1. The number of hydrogen-bond acceptors (Lipinski definition) is 1. The molecule has 1 unspecified atom stereocenters.